The molecular weight excluding hydrogens is 292 g/mol. The molecule has 0 aliphatic carbocycles. The molecule has 3 nitrogen and oxygen atoms in total. The Morgan fingerprint density at radius 2 is 1.82 bits per heavy atom. The molecule has 0 aliphatic rings. The van der Waals surface area contributed by atoms with E-state index in [1.54, 1.807) is 0 Å². The van der Waals surface area contributed by atoms with Crippen LogP contribution in [0.15, 0.2) is 48.5 Å². The predicted molar refractivity (Wildman–Crippen MR) is 96.7 cm³/mol. The van der Waals surface area contributed by atoms with E-state index in [1.807, 2.05) is 43.3 Å². The monoisotopic (exact) mass is 314 g/mol. The van der Waals surface area contributed by atoms with Gasteiger partial charge in [-0.2, -0.15) is 0 Å². The van der Waals surface area contributed by atoms with Gasteiger partial charge in [-0.3, -0.25) is 0 Å². The van der Waals surface area contributed by atoms with E-state index in [1.165, 1.54) is 11.1 Å². The first-order valence-corrected chi connectivity index (χ1v) is 7.77. The molecule has 1 atom stereocenters. The largest absolute Gasteiger partial charge is 0.491 e. The van der Waals surface area contributed by atoms with Gasteiger partial charge in [0.05, 0.1) is 6.04 Å². The Kier molecular flexibility index (Phi) is 5.78. The Hall–Kier alpha value is -2.07. The maximum absolute atomic E-state index is 5.74. The zero-order valence-electron chi connectivity index (χ0n) is 13.2. The van der Waals surface area contributed by atoms with Crippen molar-refractivity contribution in [2.45, 2.75) is 26.8 Å². The van der Waals surface area contributed by atoms with Crippen molar-refractivity contribution in [1.29, 1.82) is 0 Å². The SMILES string of the molecule is Cc1ccc(OC[C@H](C)NC(=S)Nc2cccc(C)c2)cc1. The van der Waals surface area contributed by atoms with E-state index in [-0.39, 0.29) is 6.04 Å². The number of rotatable bonds is 5. The van der Waals surface area contributed by atoms with Crippen LogP contribution in [0.2, 0.25) is 0 Å². The number of aryl methyl sites for hydroxylation is 2. The third-order valence-electron chi connectivity index (χ3n) is 3.17. The fourth-order valence-electron chi connectivity index (χ4n) is 2.01. The van der Waals surface area contributed by atoms with Gasteiger partial charge in [-0.05, 0) is 62.8 Å². The molecule has 22 heavy (non-hydrogen) atoms. The molecule has 4 heteroatoms. The van der Waals surface area contributed by atoms with Crippen LogP contribution in [-0.4, -0.2) is 17.8 Å². The topological polar surface area (TPSA) is 33.3 Å². The van der Waals surface area contributed by atoms with E-state index in [4.69, 9.17) is 17.0 Å². The van der Waals surface area contributed by atoms with Crippen molar-refractivity contribution in [1.82, 2.24) is 5.32 Å². The molecular formula is C18H22N2OS. The third-order valence-corrected chi connectivity index (χ3v) is 3.39. The predicted octanol–water partition coefficient (Wildman–Crippen LogP) is 4.06. The number of nitrogens with one attached hydrogen (secondary N) is 2. The lowest BCUT2D eigenvalue weighted by Gasteiger charge is -2.18. The standard InChI is InChI=1S/C18H22N2OS/c1-13-7-9-17(10-8-13)21-12-15(3)19-18(22)20-16-6-4-5-14(2)11-16/h4-11,15H,12H2,1-3H3,(H2,19,20,22)/t15-/m0/s1. The minimum atomic E-state index is 0.117. The fourth-order valence-corrected chi connectivity index (χ4v) is 2.33. The summed E-state index contributed by atoms with van der Waals surface area (Å²) in [6.45, 7) is 6.71. The molecule has 0 amide bonds. The Morgan fingerprint density at radius 1 is 1.09 bits per heavy atom. The van der Waals surface area contributed by atoms with Crippen molar-refractivity contribution >= 4 is 23.0 Å². The summed E-state index contributed by atoms with van der Waals surface area (Å²) in [5.41, 5.74) is 3.41. The average Bonchev–Trinajstić information content (AvgIpc) is 2.46. The van der Waals surface area contributed by atoms with Gasteiger partial charge in [0.25, 0.3) is 0 Å². The number of ether oxygens (including phenoxy) is 1. The summed E-state index contributed by atoms with van der Waals surface area (Å²) < 4.78 is 5.74. The van der Waals surface area contributed by atoms with Crippen molar-refractivity contribution in [3.05, 3.63) is 59.7 Å². The summed E-state index contributed by atoms with van der Waals surface area (Å²) in [5.74, 6) is 0.872. The molecule has 0 bridgehead atoms. The Labute approximate surface area is 137 Å². The summed E-state index contributed by atoms with van der Waals surface area (Å²) in [5, 5.41) is 7.01. The van der Waals surface area contributed by atoms with Crippen molar-refractivity contribution in [3.8, 4) is 5.75 Å². The molecule has 0 saturated carbocycles. The fraction of sp³-hybridized carbons (Fsp3) is 0.278. The molecule has 0 aliphatic heterocycles. The molecule has 0 saturated heterocycles. The molecule has 0 unspecified atom stereocenters. The molecule has 2 aromatic carbocycles. The van der Waals surface area contributed by atoms with Gasteiger partial charge in [0.2, 0.25) is 0 Å². The van der Waals surface area contributed by atoms with E-state index >= 15 is 0 Å². The van der Waals surface area contributed by atoms with E-state index in [0.29, 0.717) is 11.7 Å². The van der Waals surface area contributed by atoms with Gasteiger partial charge in [-0.25, -0.2) is 0 Å². The van der Waals surface area contributed by atoms with E-state index < -0.39 is 0 Å². The highest BCUT2D eigenvalue weighted by molar-refractivity contribution is 7.80. The van der Waals surface area contributed by atoms with Crippen LogP contribution in [0.3, 0.4) is 0 Å². The lowest BCUT2D eigenvalue weighted by molar-refractivity contribution is 0.287. The molecule has 0 radical (unpaired) electrons. The smallest absolute Gasteiger partial charge is 0.171 e. The molecule has 116 valence electrons. The normalized spacial score (nSPS) is 11.6. The Morgan fingerprint density at radius 3 is 2.50 bits per heavy atom. The summed E-state index contributed by atoms with van der Waals surface area (Å²) in [6, 6.07) is 16.3. The summed E-state index contributed by atoms with van der Waals surface area (Å²) in [4.78, 5) is 0. The van der Waals surface area contributed by atoms with Gasteiger partial charge >= 0.3 is 0 Å². The maximum atomic E-state index is 5.74. The minimum Gasteiger partial charge on any atom is -0.491 e. The van der Waals surface area contributed by atoms with Gasteiger partial charge in [0.15, 0.2) is 5.11 Å². The molecule has 0 heterocycles. The first-order chi connectivity index (χ1) is 10.5. The van der Waals surface area contributed by atoms with Crippen LogP contribution in [0.5, 0.6) is 5.75 Å². The van der Waals surface area contributed by atoms with Crippen molar-refractivity contribution in [3.63, 3.8) is 0 Å². The highest BCUT2D eigenvalue weighted by Gasteiger charge is 2.05. The summed E-state index contributed by atoms with van der Waals surface area (Å²) in [7, 11) is 0. The number of anilines is 1. The van der Waals surface area contributed by atoms with Gasteiger partial charge in [-0.15, -0.1) is 0 Å². The molecule has 0 aromatic heterocycles. The van der Waals surface area contributed by atoms with Crippen LogP contribution in [0.4, 0.5) is 5.69 Å². The number of hydrogen-bond acceptors (Lipinski definition) is 2. The third kappa shape index (κ3) is 5.37. The zero-order valence-corrected chi connectivity index (χ0v) is 14.0. The van der Waals surface area contributed by atoms with Gasteiger partial charge in [0, 0.05) is 5.69 Å². The quantitative estimate of drug-likeness (QED) is 0.816. The van der Waals surface area contributed by atoms with Gasteiger partial charge < -0.3 is 15.4 Å². The summed E-state index contributed by atoms with van der Waals surface area (Å²) >= 11 is 5.33. The van der Waals surface area contributed by atoms with E-state index in [2.05, 4.69) is 36.6 Å². The van der Waals surface area contributed by atoms with Crippen molar-refractivity contribution in [2.75, 3.05) is 11.9 Å². The van der Waals surface area contributed by atoms with Gasteiger partial charge in [0.1, 0.15) is 12.4 Å². The second kappa shape index (κ2) is 7.80. The molecule has 0 spiro atoms. The molecule has 0 fully saturated rings. The Balaban J connectivity index is 1.77. The maximum Gasteiger partial charge on any atom is 0.171 e. The van der Waals surface area contributed by atoms with E-state index in [0.717, 1.165) is 11.4 Å². The molecule has 2 rings (SSSR count). The van der Waals surface area contributed by atoms with Crippen LogP contribution in [0, 0.1) is 13.8 Å². The van der Waals surface area contributed by atoms with Crippen molar-refractivity contribution in [2.24, 2.45) is 0 Å². The lowest BCUT2D eigenvalue weighted by atomic mass is 10.2. The minimum absolute atomic E-state index is 0.117. The Bertz CT molecular complexity index is 625. The number of thiocarbonyl (C=S) groups is 1. The average molecular weight is 314 g/mol. The zero-order chi connectivity index (χ0) is 15.9. The first-order valence-electron chi connectivity index (χ1n) is 7.36. The van der Waals surface area contributed by atoms with Crippen LogP contribution < -0.4 is 15.4 Å². The van der Waals surface area contributed by atoms with Crippen LogP contribution in [0.1, 0.15) is 18.1 Å². The lowest BCUT2D eigenvalue weighted by Crippen LogP contribution is -2.39. The summed E-state index contributed by atoms with van der Waals surface area (Å²) in [6.07, 6.45) is 0. The van der Waals surface area contributed by atoms with Gasteiger partial charge in [-0.1, -0.05) is 29.8 Å². The second-order valence-electron chi connectivity index (χ2n) is 5.49. The van der Waals surface area contributed by atoms with Crippen molar-refractivity contribution < 1.29 is 4.74 Å². The number of benzene rings is 2. The highest BCUT2D eigenvalue weighted by Crippen LogP contribution is 2.12. The number of hydrogen-bond donors (Lipinski definition) is 2. The highest BCUT2D eigenvalue weighted by atomic mass is 32.1. The van der Waals surface area contributed by atoms with Crippen LogP contribution in [-0.2, 0) is 0 Å². The second-order valence-corrected chi connectivity index (χ2v) is 5.90. The van der Waals surface area contributed by atoms with E-state index in [9.17, 15) is 0 Å². The van der Waals surface area contributed by atoms with Crippen LogP contribution >= 0.6 is 12.2 Å². The first kappa shape index (κ1) is 16.3. The molecule has 2 N–H and O–H groups in total. The van der Waals surface area contributed by atoms with Crippen LogP contribution in [0.25, 0.3) is 0 Å². The molecule has 2 aromatic rings.